The van der Waals surface area contributed by atoms with Crippen LogP contribution in [0.15, 0.2) is 0 Å². The van der Waals surface area contributed by atoms with Gasteiger partial charge in [-0.3, -0.25) is 7.32 Å². The van der Waals surface area contributed by atoms with Gasteiger partial charge in [0.25, 0.3) is 0 Å². The van der Waals surface area contributed by atoms with Crippen LogP contribution >= 0.6 is 0 Å². The number of carboxylic acid groups (broad SMARTS) is 1. The predicted octanol–water partition coefficient (Wildman–Crippen LogP) is -3.64. The number of unbranched alkanes of at least 4 members (excludes halogenated alkanes) is 1. The summed E-state index contributed by atoms with van der Waals surface area (Å²) in [6.07, 6.45) is 3.52. The molecule has 0 radical (unpaired) electrons. The Morgan fingerprint density at radius 3 is 1.87 bits per heavy atom. The van der Waals surface area contributed by atoms with Gasteiger partial charge in [-0.1, -0.05) is 26.7 Å². The Labute approximate surface area is 108 Å². The summed E-state index contributed by atoms with van der Waals surface area (Å²) in [4.78, 5) is 10.3. The summed E-state index contributed by atoms with van der Waals surface area (Å²) in [5.74, 6) is -1.11. The molecule has 0 fully saturated rings. The van der Waals surface area contributed by atoms with E-state index < -0.39 is 13.3 Å². The van der Waals surface area contributed by atoms with Crippen molar-refractivity contribution in [1.29, 1.82) is 0 Å². The molecule has 0 saturated carbocycles. The van der Waals surface area contributed by atoms with Crippen LogP contribution in [0.4, 0.5) is 0 Å². The van der Waals surface area contributed by atoms with E-state index >= 15 is 0 Å². The van der Waals surface area contributed by atoms with E-state index in [1.165, 1.54) is 0 Å². The van der Waals surface area contributed by atoms with Gasteiger partial charge >= 0.3 is 24.4 Å². The second-order valence-electron chi connectivity index (χ2n) is 2.86. The molecule has 0 aromatic heterocycles. The quantitative estimate of drug-likeness (QED) is 0.484. The fourth-order valence-electron chi connectivity index (χ4n) is 0.939. The van der Waals surface area contributed by atoms with Gasteiger partial charge in [-0.15, -0.1) is 0 Å². The first-order valence-corrected chi connectivity index (χ1v) is 4.63. The predicted molar refractivity (Wildman–Crippen MR) is 51.2 cm³/mol. The van der Waals surface area contributed by atoms with Crippen LogP contribution in [-0.2, 0) is 4.79 Å². The van der Waals surface area contributed by atoms with Crippen LogP contribution in [-0.4, -0.2) is 37.7 Å². The zero-order chi connectivity index (χ0) is 11.6. The number of hydrogen-bond acceptors (Lipinski definition) is 5. The first-order chi connectivity index (χ1) is 6.45. The summed E-state index contributed by atoms with van der Waals surface area (Å²) >= 11 is 0. The molecule has 0 N–H and O–H groups in total. The summed E-state index contributed by atoms with van der Waals surface area (Å²) in [7, 11) is -2.92. The Morgan fingerprint density at radius 1 is 1.27 bits per heavy atom. The Bertz CT molecular complexity index is 142. The molecule has 0 aliphatic carbocycles. The van der Waals surface area contributed by atoms with Crippen molar-refractivity contribution in [3.8, 4) is 0 Å². The van der Waals surface area contributed by atoms with Crippen LogP contribution in [0.25, 0.3) is 0 Å². The van der Waals surface area contributed by atoms with E-state index in [-0.39, 0.29) is 30.3 Å². The Kier molecular flexibility index (Phi) is 19.6. The van der Waals surface area contributed by atoms with E-state index in [0.717, 1.165) is 19.3 Å². The average molecular weight is 325 g/mol. The molecule has 0 rings (SSSR count). The van der Waals surface area contributed by atoms with E-state index in [2.05, 4.69) is 6.92 Å². The van der Waals surface area contributed by atoms with Crippen molar-refractivity contribution in [2.75, 3.05) is 0 Å². The molecular formula is C8H16BO5Sb. The average Bonchev–Trinajstić information content (AvgIpc) is 2.04. The Balaban J connectivity index is -0.000000249. The van der Waals surface area contributed by atoms with Crippen molar-refractivity contribution in [3.63, 3.8) is 0 Å². The van der Waals surface area contributed by atoms with Gasteiger partial charge in [0.05, 0.1) is 0 Å². The summed E-state index contributed by atoms with van der Waals surface area (Å²) in [6.45, 7) is 3.94. The number of carbonyl (C=O) groups is 1. The molecule has 0 aliphatic rings. The first kappa shape index (κ1) is 20.6. The maximum atomic E-state index is 10.3. The van der Waals surface area contributed by atoms with E-state index in [1.54, 1.807) is 0 Å². The zero-order valence-electron chi connectivity index (χ0n) is 9.02. The standard InChI is InChI=1S/C8H16O2.BO3.Sb.H/c1-3-5-6-7(4-2)8(9)10;2-1(3)4;;/h7H,3-6H2,1-2H3,(H,9,10);;;/q;-3;+4;/p-1. The van der Waals surface area contributed by atoms with Crippen LogP contribution in [0, 0.1) is 5.92 Å². The number of rotatable bonds is 5. The van der Waals surface area contributed by atoms with E-state index in [4.69, 9.17) is 15.1 Å². The van der Waals surface area contributed by atoms with E-state index in [9.17, 15) is 9.90 Å². The molecule has 5 nitrogen and oxygen atoms in total. The van der Waals surface area contributed by atoms with Crippen molar-refractivity contribution < 1.29 is 25.0 Å². The second kappa shape index (κ2) is 14.2. The molecule has 1 atom stereocenters. The van der Waals surface area contributed by atoms with Crippen molar-refractivity contribution in [1.82, 2.24) is 0 Å². The minimum absolute atomic E-state index is 0. The number of carbonyl (C=O) groups excluding carboxylic acids is 1. The van der Waals surface area contributed by atoms with Gasteiger partial charge in [0, 0.05) is 5.97 Å². The minimum atomic E-state index is -2.92. The maximum absolute atomic E-state index is 10.3. The summed E-state index contributed by atoms with van der Waals surface area (Å²) in [5.41, 5.74) is 0. The Morgan fingerprint density at radius 2 is 1.67 bits per heavy atom. The summed E-state index contributed by atoms with van der Waals surface area (Å²) in [5, 5.41) is 35.6. The van der Waals surface area contributed by atoms with Crippen molar-refractivity contribution in [2.24, 2.45) is 5.92 Å². The zero-order valence-corrected chi connectivity index (χ0v) is 11.9. The molecule has 0 spiro atoms. The number of hydrogen-bond donors (Lipinski definition) is 0. The van der Waals surface area contributed by atoms with Gasteiger partial charge in [-0.25, -0.2) is 0 Å². The number of aliphatic carboxylic acids is 1. The third-order valence-corrected chi connectivity index (χ3v) is 1.73. The van der Waals surface area contributed by atoms with Crippen LogP contribution in [0.3, 0.4) is 0 Å². The van der Waals surface area contributed by atoms with Gasteiger partial charge in [-0.2, -0.15) is 0 Å². The van der Waals surface area contributed by atoms with E-state index in [1.807, 2.05) is 6.92 Å². The molecule has 0 aromatic rings. The van der Waals surface area contributed by atoms with Crippen molar-refractivity contribution in [3.05, 3.63) is 0 Å². The van der Waals surface area contributed by atoms with Crippen LogP contribution in [0.5, 0.6) is 0 Å². The molecule has 0 aromatic carbocycles. The molecule has 0 aliphatic heterocycles. The van der Waals surface area contributed by atoms with Gasteiger partial charge in [0.15, 0.2) is 0 Å². The molecule has 15 heavy (non-hydrogen) atoms. The van der Waals surface area contributed by atoms with Crippen molar-refractivity contribution >= 4 is 37.7 Å². The summed E-state index contributed by atoms with van der Waals surface area (Å²) in [6, 6.07) is 0. The van der Waals surface area contributed by atoms with Gasteiger partial charge < -0.3 is 25.0 Å². The molecule has 0 bridgehead atoms. The van der Waals surface area contributed by atoms with E-state index in [0.29, 0.717) is 6.42 Å². The Hall–Kier alpha value is 0.233. The topological polar surface area (TPSA) is 109 Å². The van der Waals surface area contributed by atoms with Gasteiger partial charge in [0.2, 0.25) is 0 Å². The normalized spacial score (nSPS) is 10.5. The molecule has 0 saturated heterocycles. The molecule has 0 heterocycles. The fourth-order valence-corrected chi connectivity index (χ4v) is 0.939. The van der Waals surface area contributed by atoms with Crippen LogP contribution in [0.2, 0.25) is 0 Å². The monoisotopic (exact) mass is 324 g/mol. The molecule has 7 heteroatoms. The molecule has 1 unspecified atom stereocenters. The number of carboxylic acids is 1. The molecule has 86 valence electrons. The molecule has 0 amide bonds. The third-order valence-electron chi connectivity index (χ3n) is 1.73. The van der Waals surface area contributed by atoms with Crippen molar-refractivity contribution in [2.45, 2.75) is 39.5 Å². The summed E-state index contributed by atoms with van der Waals surface area (Å²) < 4.78 is 0. The van der Waals surface area contributed by atoms with Crippen LogP contribution in [0.1, 0.15) is 39.5 Å². The SMILES string of the molecule is CCCCC(CC)C(=O)[O-].[O-]B([O-])[O-].[SbH+4]. The van der Waals surface area contributed by atoms with Crippen LogP contribution < -0.4 is 20.2 Å². The fraction of sp³-hybridized carbons (Fsp3) is 0.875. The molecular weight excluding hydrogens is 309 g/mol. The van der Waals surface area contributed by atoms with Gasteiger partial charge in [0.1, 0.15) is 0 Å². The second-order valence-corrected chi connectivity index (χ2v) is 2.86. The van der Waals surface area contributed by atoms with Gasteiger partial charge in [-0.05, 0) is 18.8 Å². The first-order valence-electron chi connectivity index (χ1n) is 4.63. The third kappa shape index (κ3) is 20.3.